The number of nitro groups is 1. The number of rotatable bonds is 4. The normalized spacial score (nSPS) is 22.1. The first-order valence-electron chi connectivity index (χ1n) is 10.3. The third kappa shape index (κ3) is 3.44. The molecule has 0 N–H and O–H groups in total. The van der Waals surface area contributed by atoms with Gasteiger partial charge >= 0.3 is 0 Å². The van der Waals surface area contributed by atoms with Crippen LogP contribution in [0.5, 0.6) is 0 Å². The molecule has 2 aliphatic rings. The fourth-order valence-electron chi connectivity index (χ4n) is 4.36. The summed E-state index contributed by atoms with van der Waals surface area (Å²) in [7, 11) is 0. The summed E-state index contributed by atoms with van der Waals surface area (Å²) in [6, 6.07) is 19.2. The van der Waals surface area contributed by atoms with Gasteiger partial charge in [0.15, 0.2) is 6.10 Å². The number of halogens is 1. The molecule has 166 valence electrons. The van der Waals surface area contributed by atoms with Gasteiger partial charge in [0.25, 0.3) is 11.6 Å². The molecule has 2 saturated heterocycles. The molecule has 0 aliphatic carbocycles. The summed E-state index contributed by atoms with van der Waals surface area (Å²) < 4.78 is 0. The van der Waals surface area contributed by atoms with E-state index in [1.54, 1.807) is 42.5 Å². The Morgan fingerprint density at radius 3 is 2.36 bits per heavy atom. The summed E-state index contributed by atoms with van der Waals surface area (Å²) in [5, 5.41) is 13.1. The van der Waals surface area contributed by atoms with Crippen molar-refractivity contribution < 1.29 is 19.3 Å². The highest BCUT2D eigenvalue weighted by Gasteiger charge is 2.60. The van der Waals surface area contributed by atoms with Gasteiger partial charge in [0.1, 0.15) is 5.92 Å². The number of benzene rings is 3. The van der Waals surface area contributed by atoms with Gasteiger partial charge in [-0.05, 0) is 36.8 Å². The van der Waals surface area contributed by atoms with E-state index in [4.69, 9.17) is 16.4 Å². The minimum atomic E-state index is -1.08. The average molecular weight is 464 g/mol. The molecular weight excluding hydrogens is 446 g/mol. The van der Waals surface area contributed by atoms with E-state index in [1.807, 2.05) is 19.1 Å². The molecule has 2 aliphatic heterocycles. The fraction of sp³-hybridized carbons (Fsp3) is 0.167. The summed E-state index contributed by atoms with van der Waals surface area (Å²) in [5.74, 6) is -1.77. The molecule has 2 fully saturated rings. The van der Waals surface area contributed by atoms with Crippen molar-refractivity contribution in [2.45, 2.75) is 19.1 Å². The first kappa shape index (κ1) is 21.1. The number of non-ortho nitro benzene ring substituents is 1. The highest BCUT2D eigenvalue weighted by Crippen LogP contribution is 2.49. The van der Waals surface area contributed by atoms with Crippen molar-refractivity contribution in [3.63, 3.8) is 0 Å². The van der Waals surface area contributed by atoms with E-state index in [0.29, 0.717) is 22.0 Å². The molecule has 3 aromatic rings. The van der Waals surface area contributed by atoms with Crippen molar-refractivity contribution in [2.75, 3.05) is 9.96 Å². The van der Waals surface area contributed by atoms with Crippen LogP contribution in [0.3, 0.4) is 0 Å². The number of amides is 2. The quantitative estimate of drug-likeness (QED) is 0.319. The molecule has 5 rings (SSSR count). The van der Waals surface area contributed by atoms with Gasteiger partial charge in [-0.1, -0.05) is 53.6 Å². The van der Waals surface area contributed by atoms with Gasteiger partial charge in [0, 0.05) is 17.2 Å². The number of nitro benzene ring substituents is 1. The highest BCUT2D eigenvalue weighted by molar-refractivity contribution is 6.31. The molecular formula is C24H18ClN3O5. The Labute approximate surface area is 194 Å². The first-order chi connectivity index (χ1) is 15.9. The smallest absolute Gasteiger partial charge is 0.271 e. The Morgan fingerprint density at radius 1 is 0.939 bits per heavy atom. The molecule has 0 aromatic heterocycles. The molecule has 0 radical (unpaired) electrons. The van der Waals surface area contributed by atoms with Crippen molar-refractivity contribution in [1.82, 2.24) is 0 Å². The van der Waals surface area contributed by atoms with Crippen LogP contribution in [0, 0.1) is 23.0 Å². The molecule has 33 heavy (non-hydrogen) atoms. The Hall–Kier alpha value is -3.75. The predicted octanol–water partition coefficient (Wildman–Crippen LogP) is 4.61. The summed E-state index contributed by atoms with van der Waals surface area (Å²) in [4.78, 5) is 44.8. The number of carbonyl (C=O) groups excluding carboxylic acids is 2. The van der Waals surface area contributed by atoms with E-state index in [1.165, 1.54) is 23.3 Å². The first-order valence-corrected chi connectivity index (χ1v) is 10.6. The topological polar surface area (TPSA) is 93.0 Å². The van der Waals surface area contributed by atoms with Crippen LogP contribution in [-0.4, -0.2) is 22.8 Å². The second-order valence-electron chi connectivity index (χ2n) is 7.97. The molecule has 2 heterocycles. The zero-order valence-corrected chi connectivity index (χ0v) is 18.2. The maximum Gasteiger partial charge on any atom is 0.271 e. The van der Waals surface area contributed by atoms with Crippen LogP contribution in [-0.2, 0) is 14.4 Å². The van der Waals surface area contributed by atoms with Crippen LogP contribution in [0.25, 0.3) is 0 Å². The van der Waals surface area contributed by atoms with Crippen LogP contribution in [0.1, 0.15) is 17.2 Å². The van der Waals surface area contributed by atoms with Crippen molar-refractivity contribution in [1.29, 1.82) is 0 Å². The van der Waals surface area contributed by atoms with Crippen molar-refractivity contribution in [3.05, 3.63) is 99.1 Å². The lowest BCUT2D eigenvalue weighted by Crippen LogP contribution is -2.37. The third-order valence-corrected chi connectivity index (χ3v) is 6.27. The highest BCUT2D eigenvalue weighted by atomic mass is 35.5. The van der Waals surface area contributed by atoms with E-state index < -0.39 is 34.8 Å². The molecule has 0 spiro atoms. The molecule has 3 aromatic carbocycles. The second-order valence-corrected chi connectivity index (χ2v) is 8.38. The number of fused-ring (bicyclic) bond motifs is 1. The Kier molecular flexibility index (Phi) is 5.11. The molecule has 8 nitrogen and oxygen atoms in total. The van der Waals surface area contributed by atoms with Crippen LogP contribution < -0.4 is 9.96 Å². The zero-order chi connectivity index (χ0) is 23.3. The van der Waals surface area contributed by atoms with Gasteiger partial charge in [-0.3, -0.25) is 24.5 Å². The van der Waals surface area contributed by atoms with Gasteiger partial charge in [0.05, 0.1) is 22.3 Å². The number of aryl methyl sites for hydroxylation is 1. The number of hydroxylamine groups is 1. The largest absolute Gasteiger partial charge is 0.273 e. The Bertz CT molecular complexity index is 1280. The molecule has 0 unspecified atom stereocenters. The third-order valence-electron chi connectivity index (χ3n) is 5.93. The van der Waals surface area contributed by atoms with Crippen LogP contribution in [0.2, 0.25) is 5.02 Å². The zero-order valence-electron chi connectivity index (χ0n) is 17.4. The summed E-state index contributed by atoms with van der Waals surface area (Å²) >= 11 is 6.48. The van der Waals surface area contributed by atoms with Crippen molar-refractivity contribution in [3.8, 4) is 0 Å². The number of anilines is 2. The van der Waals surface area contributed by atoms with E-state index >= 15 is 0 Å². The molecule has 0 bridgehead atoms. The number of hydrogen-bond donors (Lipinski definition) is 0. The lowest BCUT2D eigenvalue weighted by molar-refractivity contribution is -0.384. The fourth-order valence-corrected chi connectivity index (χ4v) is 4.61. The van der Waals surface area contributed by atoms with E-state index in [2.05, 4.69) is 0 Å². The van der Waals surface area contributed by atoms with Crippen LogP contribution >= 0.6 is 11.6 Å². The van der Waals surface area contributed by atoms with Crippen LogP contribution in [0.15, 0.2) is 72.8 Å². The monoisotopic (exact) mass is 463 g/mol. The van der Waals surface area contributed by atoms with Crippen LogP contribution in [0.4, 0.5) is 17.1 Å². The number of hydrogen-bond acceptors (Lipinski definition) is 6. The standard InChI is InChI=1S/C24H18ClN3O5/c1-14-9-11-15(12-10-14)26-23(29)20-21(18-7-2-3-8-19(18)25)27(33-22(20)24(26)30)16-5-4-6-17(13-16)28(31)32/h2-13,20-22H,1H3/t20-,21+,22+/m0/s1. The summed E-state index contributed by atoms with van der Waals surface area (Å²) in [6.07, 6.45) is -1.08. The van der Waals surface area contributed by atoms with Crippen molar-refractivity contribution in [2.24, 2.45) is 5.92 Å². The molecule has 0 saturated carbocycles. The number of imide groups is 1. The van der Waals surface area contributed by atoms with Crippen molar-refractivity contribution >= 4 is 40.5 Å². The van der Waals surface area contributed by atoms with E-state index in [9.17, 15) is 19.7 Å². The summed E-state index contributed by atoms with van der Waals surface area (Å²) in [5.41, 5.74) is 2.27. The van der Waals surface area contributed by atoms with Gasteiger partial charge in [-0.2, -0.15) is 0 Å². The van der Waals surface area contributed by atoms with E-state index in [-0.39, 0.29) is 5.69 Å². The maximum absolute atomic E-state index is 13.6. The van der Waals surface area contributed by atoms with Gasteiger partial charge in [-0.25, -0.2) is 9.96 Å². The number of nitrogens with zero attached hydrogens (tertiary/aromatic N) is 3. The minimum Gasteiger partial charge on any atom is -0.273 e. The molecule has 9 heteroatoms. The maximum atomic E-state index is 13.6. The Balaban J connectivity index is 1.61. The molecule has 3 atom stereocenters. The molecule has 2 amide bonds. The van der Waals surface area contributed by atoms with Gasteiger partial charge in [0.2, 0.25) is 5.91 Å². The lowest BCUT2D eigenvalue weighted by atomic mass is 9.90. The van der Waals surface area contributed by atoms with E-state index in [0.717, 1.165) is 10.5 Å². The Morgan fingerprint density at radius 2 is 1.67 bits per heavy atom. The lowest BCUT2D eigenvalue weighted by Gasteiger charge is -2.29. The second kappa shape index (κ2) is 7.99. The SMILES string of the molecule is Cc1ccc(N2C(=O)[C@H]3[C@@H](c4ccccc4Cl)N(c4cccc([N+](=O)[O-])c4)O[C@H]3C2=O)cc1. The van der Waals surface area contributed by atoms with Gasteiger partial charge in [-0.15, -0.1) is 0 Å². The average Bonchev–Trinajstić information content (AvgIpc) is 3.31. The van der Waals surface area contributed by atoms with Gasteiger partial charge < -0.3 is 0 Å². The minimum absolute atomic E-state index is 0.134. The number of carbonyl (C=O) groups is 2. The summed E-state index contributed by atoms with van der Waals surface area (Å²) in [6.45, 7) is 1.92. The predicted molar refractivity (Wildman–Crippen MR) is 122 cm³/mol.